The molecule has 2 aliphatic carbocycles. The predicted octanol–water partition coefficient (Wildman–Crippen LogP) is 4.38. The van der Waals surface area contributed by atoms with Crippen molar-refractivity contribution < 1.29 is 17.9 Å². The number of rotatable bonds is 4. The van der Waals surface area contributed by atoms with E-state index in [-0.39, 0.29) is 22.3 Å². The molecular weight excluding hydrogens is 504 g/mol. The Labute approximate surface area is 202 Å². The highest BCUT2D eigenvalue weighted by molar-refractivity contribution is 9.10. The van der Waals surface area contributed by atoms with Crippen LogP contribution < -0.4 is 9.62 Å². The van der Waals surface area contributed by atoms with E-state index in [0.29, 0.717) is 30.7 Å². The van der Waals surface area contributed by atoms with E-state index in [0.717, 1.165) is 23.0 Å². The number of halogens is 1. The Morgan fingerprint density at radius 3 is 2.42 bits per heavy atom. The zero-order chi connectivity index (χ0) is 22.8. The van der Waals surface area contributed by atoms with Gasteiger partial charge in [0.15, 0.2) is 0 Å². The van der Waals surface area contributed by atoms with Crippen molar-refractivity contribution in [2.75, 3.05) is 24.7 Å². The van der Waals surface area contributed by atoms with Crippen molar-refractivity contribution in [3.05, 3.63) is 58.1 Å². The van der Waals surface area contributed by atoms with Gasteiger partial charge >= 0.3 is 0 Å². The Hall–Kier alpha value is -1.74. The summed E-state index contributed by atoms with van der Waals surface area (Å²) in [6.07, 6.45) is 7.35. The minimum atomic E-state index is -3.71. The molecular formula is C25H27BrN2O4S. The van der Waals surface area contributed by atoms with Crippen molar-refractivity contribution in [3.8, 4) is 0 Å². The predicted molar refractivity (Wildman–Crippen MR) is 129 cm³/mol. The van der Waals surface area contributed by atoms with Gasteiger partial charge in [-0.15, -0.1) is 0 Å². The molecule has 0 radical (unpaired) electrons. The minimum absolute atomic E-state index is 0.0158. The lowest BCUT2D eigenvalue weighted by molar-refractivity contribution is 0.00482. The lowest BCUT2D eigenvalue weighted by Crippen LogP contribution is -2.48. The maximum absolute atomic E-state index is 13.7. The molecule has 1 amide bonds. The largest absolute Gasteiger partial charge is 0.378 e. The van der Waals surface area contributed by atoms with Gasteiger partial charge in [0, 0.05) is 27.7 Å². The Balaban J connectivity index is 1.31. The first-order valence-corrected chi connectivity index (χ1v) is 13.9. The molecule has 0 unspecified atom stereocenters. The van der Waals surface area contributed by atoms with Gasteiger partial charge in [-0.3, -0.25) is 4.79 Å². The quantitative estimate of drug-likeness (QED) is 0.636. The van der Waals surface area contributed by atoms with Gasteiger partial charge < -0.3 is 9.64 Å². The van der Waals surface area contributed by atoms with Crippen molar-refractivity contribution in [2.45, 2.75) is 54.9 Å². The monoisotopic (exact) mass is 530 g/mol. The fraction of sp³-hybridized carbons (Fsp3) is 0.480. The number of hydrogen-bond donors (Lipinski definition) is 1. The Morgan fingerprint density at radius 2 is 1.76 bits per heavy atom. The van der Waals surface area contributed by atoms with Crippen LogP contribution in [0.2, 0.25) is 0 Å². The Bertz CT molecular complexity index is 1230. The van der Waals surface area contributed by atoms with E-state index in [4.69, 9.17) is 4.74 Å². The summed E-state index contributed by atoms with van der Waals surface area (Å²) in [5.41, 5.74) is 3.14. The zero-order valence-corrected chi connectivity index (χ0v) is 20.8. The topological polar surface area (TPSA) is 75.7 Å². The van der Waals surface area contributed by atoms with Gasteiger partial charge in [-0.1, -0.05) is 22.0 Å². The van der Waals surface area contributed by atoms with Gasteiger partial charge in [0.1, 0.15) is 0 Å². The standard InChI is InChI=1S/C25H27BrN2O4S/c26-18-4-5-22-21(13-18)25(10-8-24(6-7-24)9-11-25)16-28(22)23(29)17-2-1-3-20(12-17)33(30,31)27-19-14-32-15-19/h1-5,12-13,19,27H,6-11,14-16H2. The lowest BCUT2D eigenvalue weighted by Gasteiger charge is -2.38. The Morgan fingerprint density at radius 1 is 1.03 bits per heavy atom. The molecule has 2 spiro atoms. The van der Waals surface area contributed by atoms with Gasteiger partial charge in [-0.25, -0.2) is 13.1 Å². The van der Waals surface area contributed by atoms with Gasteiger partial charge in [0.2, 0.25) is 10.0 Å². The van der Waals surface area contributed by atoms with Crippen LogP contribution in [0, 0.1) is 5.41 Å². The number of sulfonamides is 1. The molecule has 2 aliphatic heterocycles. The first kappa shape index (κ1) is 21.8. The van der Waals surface area contributed by atoms with Gasteiger partial charge in [0.05, 0.1) is 24.2 Å². The first-order chi connectivity index (χ1) is 15.8. The average Bonchev–Trinajstić information content (AvgIpc) is 3.48. The van der Waals surface area contributed by atoms with E-state index in [1.807, 2.05) is 17.0 Å². The summed E-state index contributed by atoms with van der Waals surface area (Å²) in [4.78, 5) is 15.7. The van der Waals surface area contributed by atoms with E-state index in [2.05, 4.69) is 26.7 Å². The van der Waals surface area contributed by atoms with Crippen LogP contribution in [0.4, 0.5) is 5.69 Å². The highest BCUT2D eigenvalue weighted by Gasteiger charge is 2.53. The zero-order valence-electron chi connectivity index (χ0n) is 18.3. The number of benzene rings is 2. The van der Waals surface area contributed by atoms with Crippen LogP contribution in [0.5, 0.6) is 0 Å². The molecule has 1 N–H and O–H groups in total. The van der Waals surface area contributed by atoms with Crippen molar-refractivity contribution in [2.24, 2.45) is 5.41 Å². The van der Waals surface area contributed by atoms with Crippen LogP contribution in [-0.2, 0) is 20.2 Å². The summed E-state index contributed by atoms with van der Waals surface area (Å²) in [6, 6.07) is 12.3. The number of hydrogen-bond acceptors (Lipinski definition) is 4. The number of ether oxygens (including phenoxy) is 1. The summed E-state index contributed by atoms with van der Waals surface area (Å²) < 4.78 is 34.3. The summed E-state index contributed by atoms with van der Waals surface area (Å²) in [5, 5.41) is 0. The summed E-state index contributed by atoms with van der Waals surface area (Å²) in [5.74, 6) is -0.147. The van der Waals surface area contributed by atoms with Gasteiger partial charge in [-0.05, 0) is 85.9 Å². The number of carbonyl (C=O) groups excluding carboxylic acids is 1. The summed E-state index contributed by atoms with van der Waals surface area (Å²) in [6.45, 7) is 1.41. The molecule has 174 valence electrons. The maximum atomic E-state index is 13.7. The van der Waals surface area contributed by atoms with Crippen LogP contribution in [0.3, 0.4) is 0 Å². The van der Waals surface area contributed by atoms with Crippen molar-refractivity contribution >= 4 is 37.5 Å². The number of anilines is 1. The highest BCUT2D eigenvalue weighted by atomic mass is 79.9. The van der Waals surface area contributed by atoms with E-state index in [1.54, 1.807) is 12.1 Å². The molecule has 0 atom stereocenters. The van der Waals surface area contributed by atoms with Gasteiger partial charge in [0.25, 0.3) is 5.91 Å². The maximum Gasteiger partial charge on any atom is 0.258 e. The summed E-state index contributed by atoms with van der Waals surface area (Å²) >= 11 is 3.63. The number of amides is 1. The number of nitrogens with one attached hydrogen (secondary N) is 1. The molecule has 6 rings (SSSR count). The minimum Gasteiger partial charge on any atom is -0.378 e. The van der Waals surface area contributed by atoms with Crippen molar-refractivity contribution in [1.29, 1.82) is 0 Å². The van der Waals surface area contributed by atoms with Crippen LogP contribution >= 0.6 is 15.9 Å². The second-order valence-corrected chi connectivity index (χ2v) is 12.8. The molecule has 8 heteroatoms. The van der Waals surface area contributed by atoms with E-state index in [9.17, 15) is 13.2 Å². The highest BCUT2D eigenvalue weighted by Crippen LogP contribution is 2.62. The normalized spacial score (nSPS) is 22.9. The molecule has 4 aliphatic rings. The summed E-state index contributed by atoms with van der Waals surface area (Å²) in [7, 11) is -3.71. The molecule has 2 aromatic carbocycles. The molecule has 33 heavy (non-hydrogen) atoms. The smallest absolute Gasteiger partial charge is 0.258 e. The molecule has 6 nitrogen and oxygen atoms in total. The first-order valence-electron chi connectivity index (χ1n) is 11.6. The Kier molecular flexibility index (Phi) is 5.04. The third-order valence-corrected chi connectivity index (χ3v) is 10.1. The molecule has 2 saturated carbocycles. The average molecular weight is 531 g/mol. The number of fused-ring (bicyclic) bond motifs is 2. The number of carbonyl (C=O) groups is 1. The molecule has 0 aromatic heterocycles. The second kappa shape index (κ2) is 7.63. The third kappa shape index (κ3) is 3.75. The van der Waals surface area contributed by atoms with Crippen molar-refractivity contribution in [1.82, 2.24) is 4.72 Å². The fourth-order valence-electron chi connectivity index (χ4n) is 5.73. The van der Waals surface area contributed by atoms with Crippen LogP contribution in [0.15, 0.2) is 51.8 Å². The van der Waals surface area contributed by atoms with E-state index >= 15 is 0 Å². The fourth-order valence-corrected chi connectivity index (χ4v) is 7.34. The van der Waals surface area contributed by atoms with Crippen LogP contribution in [0.25, 0.3) is 0 Å². The number of nitrogens with zero attached hydrogens (tertiary/aromatic N) is 1. The molecule has 0 bridgehead atoms. The second-order valence-electron chi connectivity index (χ2n) is 10.2. The van der Waals surface area contributed by atoms with E-state index in [1.165, 1.54) is 43.4 Å². The molecule has 2 heterocycles. The molecule has 1 saturated heterocycles. The van der Waals surface area contributed by atoms with Gasteiger partial charge in [-0.2, -0.15) is 0 Å². The lowest BCUT2D eigenvalue weighted by atomic mass is 9.66. The molecule has 3 fully saturated rings. The molecule has 2 aromatic rings. The van der Waals surface area contributed by atoms with Crippen LogP contribution in [0.1, 0.15) is 54.4 Å². The van der Waals surface area contributed by atoms with Crippen molar-refractivity contribution in [3.63, 3.8) is 0 Å². The van der Waals surface area contributed by atoms with E-state index < -0.39 is 10.0 Å². The third-order valence-electron chi connectivity index (χ3n) is 8.10. The van der Waals surface area contributed by atoms with Crippen LogP contribution in [-0.4, -0.2) is 40.1 Å². The SMILES string of the molecule is O=C(c1cccc(S(=O)(=O)NC2COC2)c1)N1CC2(CCC3(CC3)CC2)c2cc(Br)ccc21.